The van der Waals surface area contributed by atoms with Crippen molar-refractivity contribution in [2.45, 2.75) is 51.7 Å². The van der Waals surface area contributed by atoms with Crippen molar-refractivity contribution in [3.8, 4) is 5.75 Å². The van der Waals surface area contributed by atoms with Crippen LogP contribution < -0.4 is 10.1 Å². The molecule has 1 heterocycles. The predicted octanol–water partition coefficient (Wildman–Crippen LogP) is 3.00. The molecular formula is C24H28N2O4. The highest BCUT2D eigenvalue weighted by Crippen LogP contribution is 2.32. The molecule has 0 bridgehead atoms. The first-order valence-corrected chi connectivity index (χ1v) is 10.4. The van der Waals surface area contributed by atoms with Crippen LogP contribution in [-0.4, -0.2) is 41.2 Å². The van der Waals surface area contributed by atoms with Crippen molar-refractivity contribution in [1.29, 1.82) is 0 Å². The van der Waals surface area contributed by atoms with Gasteiger partial charge in [0.05, 0.1) is 6.54 Å². The van der Waals surface area contributed by atoms with Crippen molar-refractivity contribution in [3.05, 3.63) is 64.2 Å². The Morgan fingerprint density at radius 3 is 2.53 bits per heavy atom. The van der Waals surface area contributed by atoms with Gasteiger partial charge in [0.1, 0.15) is 24.0 Å². The molecule has 4 rings (SSSR count). The zero-order valence-corrected chi connectivity index (χ0v) is 17.7. The molecule has 0 radical (unpaired) electrons. The van der Waals surface area contributed by atoms with Gasteiger partial charge in [-0.05, 0) is 80.0 Å². The van der Waals surface area contributed by atoms with Crippen molar-refractivity contribution >= 4 is 11.9 Å². The Labute approximate surface area is 176 Å². The average molecular weight is 408 g/mol. The van der Waals surface area contributed by atoms with Crippen LogP contribution in [0.2, 0.25) is 0 Å². The van der Waals surface area contributed by atoms with Gasteiger partial charge in [-0.25, -0.2) is 4.79 Å². The minimum atomic E-state index is -1.12. The van der Waals surface area contributed by atoms with Gasteiger partial charge in [-0.15, -0.1) is 0 Å². The van der Waals surface area contributed by atoms with E-state index in [0.29, 0.717) is 5.75 Å². The number of carbonyl (C=O) groups excluding carboxylic acids is 2. The Hall–Kier alpha value is -2.86. The van der Waals surface area contributed by atoms with Crippen molar-refractivity contribution in [3.63, 3.8) is 0 Å². The van der Waals surface area contributed by atoms with Gasteiger partial charge >= 0.3 is 6.03 Å². The molecule has 2 N–H and O–H groups in total. The van der Waals surface area contributed by atoms with Gasteiger partial charge in [-0.1, -0.05) is 24.3 Å². The Balaban J connectivity index is 1.43. The highest BCUT2D eigenvalue weighted by atomic mass is 16.5. The highest BCUT2D eigenvalue weighted by Gasteiger charge is 2.49. The van der Waals surface area contributed by atoms with Gasteiger partial charge in [0, 0.05) is 0 Å². The average Bonchev–Trinajstić information content (AvgIpc) is 3.24. The van der Waals surface area contributed by atoms with Gasteiger partial charge in [-0.2, -0.15) is 0 Å². The number of nitrogens with one attached hydrogen (secondary N) is 1. The van der Waals surface area contributed by atoms with E-state index in [1.54, 1.807) is 6.92 Å². The second-order valence-corrected chi connectivity index (χ2v) is 8.60. The third-order valence-corrected chi connectivity index (χ3v) is 5.98. The first-order chi connectivity index (χ1) is 14.3. The van der Waals surface area contributed by atoms with Gasteiger partial charge in [-0.3, -0.25) is 9.69 Å². The van der Waals surface area contributed by atoms with E-state index in [1.807, 2.05) is 44.2 Å². The molecule has 2 unspecified atom stereocenters. The van der Waals surface area contributed by atoms with Crippen LogP contribution in [0.15, 0.2) is 36.4 Å². The second-order valence-electron chi connectivity index (χ2n) is 8.60. The summed E-state index contributed by atoms with van der Waals surface area (Å²) < 4.78 is 5.68. The SMILES string of the molecule is Cc1cc(C)cc(OCC(O)CN2C(=O)NC(C)(c3ccc4c(c3)CCC4)C2=O)c1. The maximum absolute atomic E-state index is 13.1. The van der Waals surface area contributed by atoms with E-state index < -0.39 is 17.7 Å². The van der Waals surface area contributed by atoms with Crippen molar-refractivity contribution < 1.29 is 19.4 Å². The molecule has 0 aromatic heterocycles. The van der Waals surface area contributed by atoms with Gasteiger partial charge in [0.15, 0.2) is 0 Å². The molecule has 2 atom stereocenters. The van der Waals surface area contributed by atoms with Crippen molar-refractivity contribution in [2.24, 2.45) is 0 Å². The molecule has 158 valence electrons. The summed E-state index contributed by atoms with van der Waals surface area (Å²) in [6, 6.07) is 11.3. The summed E-state index contributed by atoms with van der Waals surface area (Å²) in [7, 11) is 0. The minimum Gasteiger partial charge on any atom is -0.491 e. The first kappa shape index (κ1) is 20.4. The lowest BCUT2D eigenvalue weighted by molar-refractivity contribution is -0.132. The van der Waals surface area contributed by atoms with E-state index >= 15 is 0 Å². The highest BCUT2D eigenvalue weighted by molar-refractivity contribution is 6.07. The minimum absolute atomic E-state index is 0.00445. The Kier molecular flexibility index (Phi) is 5.28. The summed E-state index contributed by atoms with van der Waals surface area (Å²) in [6.45, 7) is 5.56. The van der Waals surface area contributed by atoms with Crippen LogP contribution >= 0.6 is 0 Å². The predicted molar refractivity (Wildman–Crippen MR) is 113 cm³/mol. The fourth-order valence-corrected chi connectivity index (χ4v) is 4.41. The maximum atomic E-state index is 13.1. The van der Waals surface area contributed by atoms with Gasteiger partial charge in [0.2, 0.25) is 0 Å². The lowest BCUT2D eigenvalue weighted by Crippen LogP contribution is -2.42. The van der Waals surface area contributed by atoms with Crippen LogP contribution in [0.3, 0.4) is 0 Å². The molecule has 0 spiro atoms. The number of nitrogens with zero attached hydrogens (tertiary/aromatic N) is 1. The first-order valence-electron chi connectivity index (χ1n) is 10.4. The standard InChI is InChI=1S/C24H28N2O4/c1-15-9-16(2)11-21(10-15)30-14-20(27)13-26-22(28)24(3,25-23(26)29)19-8-7-17-5-4-6-18(17)12-19/h7-12,20,27H,4-6,13-14H2,1-3H3,(H,25,29). The molecule has 3 amide bonds. The van der Waals surface area contributed by atoms with Crippen LogP contribution in [0.5, 0.6) is 5.75 Å². The number of aliphatic hydroxyl groups excluding tert-OH is 1. The molecule has 2 aromatic rings. The number of hydrogen-bond acceptors (Lipinski definition) is 4. The number of carbonyl (C=O) groups is 2. The molecule has 6 heteroatoms. The molecule has 2 aromatic carbocycles. The summed E-state index contributed by atoms with van der Waals surface area (Å²) in [4.78, 5) is 26.8. The van der Waals surface area contributed by atoms with E-state index in [-0.39, 0.29) is 19.1 Å². The quantitative estimate of drug-likeness (QED) is 0.721. The topological polar surface area (TPSA) is 78.9 Å². The van der Waals surface area contributed by atoms with E-state index in [4.69, 9.17) is 4.74 Å². The third-order valence-electron chi connectivity index (χ3n) is 5.98. The number of imide groups is 1. The molecule has 1 aliphatic heterocycles. The number of benzene rings is 2. The van der Waals surface area contributed by atoms with Crippen LogP contribution in [0.1, 0.15) is 41.2 Å². The van der Waals surface area contributed by atoms with E-state index in [9.17, 15) is 14.7 Å². The van der Waals surface area contributed by atoms with Gasteiger partial charge in [0.25, 0.3) is 5.91 Å². The summed E-state index contributed by atoms with van der Waals surface area (Å²) in [6.07, 6.45) is 2.20. The molecule has 6 nitrogen and oxygen atoms in total. The Morgan fingerprint density at radius 2 is 1.80 bits per heavy atom. The number of ether oxygens (including phenoxy) is 1. The third kappa shape index (κ3) is 3.79. The fraction of sp³-hybridized carbons (Fsp3) is 0.417. The number of β-amino-alcohol motifs (C(OH)–C–C–N with tert-alkyl or cyclic N) is 1. The summed E-state index contributed by atoms with van der Waals surface area (Å²) in [5, 5.41) is 13.2. The number of hydrogen-bond donors (Lipinski definition) is 2. The lowest BCUT2D eigenvalue weighted by atomic mass is 9.89. The van der Waals surface area contributed by atoms with Crippen molar-refractivity contribution in [1.82, 2.24) is 10.2 Å². The fourth-order valence-electron chi connectivity index (χ4n) is 4.41. The van der Waals surface area contributed by atoms with Crippen LogP contribution in [0.25, 0.3) is 0 Å². The van der Waals surface area contributed by atoms with E-state index in [2.05, 4.69) is 11.4 Å². The number of urea groups is 1. The van der Waals surface area contributed by atoms with E-state index in [1.165, 1.54) is 11.1 Å². The molecule has 1 fully saturated rings. The smallest absolute Gasteiger partial charge is 0.325 e. The second kappa shape index (κ2) is 7.76. The number of amides is 3. The normalized spacial score (nSPS) is 21.5. The Morgan fingerprint density at radius 1 is 1.10 bits per heavy atom. The van der Waals surface area contributed by atoms with Crippen LogP contribution in [0.4, 0.5) is 4.79 Å². The molecule has 1 saturated heterocycles. The molecule has 0 saturated carbocycles. The van der Waals surface area contributed by atoms with E-state index in [0.717, 1.165) is 40.9 Å². The zero-order valence-electron chi connectivity index (χ0n) is 17.7. The Bertz CT molecular complexity index is 982. The number of aliphatic hydroxyl groups is 1. The molecule has 30 heavy (non-hydrogen) atoms. The van der Waals surface area contributed by atoms with Crippen LogP contribution in [-0.2, 0) is 23.2 Å². The number of fused-ring (bicyclic) bond motifs is 1. The number of aryl methyl sites for hydroxylation is 4. The number of rotatable bonds is 6. The van der Waals surface area contributed by atoms with Crippen molar-refractivity contribution in [2.75, 3.05) is 13.2 Å². The van der Waals surface area contributed by atoms with Crippen LogP contribution in [0, 0.1) is 13.8 Å². The molecular weight excluding hydrogens is 380 g/mol. The lowest BCUT2D eigenvalue weighted by Gasteiger charge is -2.24. The summed E-state index contributed by atoms with van der Waals surface area (Å²) in [5.74, 6) is 0.308. The zero-order chi connectivity index (χ0) is 21.5. The summed E-state index contributed by atoms with van der Waals surface area (Å²) >= 11 is 0. The van der Waals surface area contributed by atoms with Gasteiger partial charge < -0.3 is 15.2 Å². The molecule has 1 aliphatic carbocycles. The largest absolute Gasteiger partial charge is 0.491 e. The molecule has 2 aliphatic rings. The maximum Gasteiger partial charge on any atom is 0.325 e. The monoisotopic (exact) mass is 408 g/mol. The summed E-state index contributed by atoms with van der Waals surface area (Å²) in [5.41, 5.74) is 4.36.